The molecule has 1 atom stereocenters. The minimum Gasteiger partial charge on any atom is -0.379 e. The van der Waals surface area contributed by atoms with Crippen molar-refractivity contribution < 1.29 is 14.3 Å². The monoisotopic (exact) mass is 469 g/mol. The highest BCUT2D eigenvalue weighted by Gasteiger charge is 2.34. The third-order valence-electron chi connectivity index (χ3n) is 4.43. The van der Waals surface area contributed by atoms with Crippen molar-refractivity contribution in [1.29, 1.82) is 0 Å². The average molecular weight is 470 g/mol. The molecule has 1 unspecified atom stereocenters. The summed E-state index contributed by atoms with van der Waals surface area (Å²) in [5.41, 5.74) is 0.699. The lowest BCUT2D eigenvalue weighted by Gasteiger charge is -2.30. The molecule has 1 aliphatic carbocycles. The van der Waals surface area contributed by atoms with Gasteiger partial charge in [-0.25, -0.2) is 4.99 Å². The zero-order valence-electron chi connectivity index (χ0n) is 16.4. The number of thiocarbonyl (C=S) groups is 1. The molecule has 8 heteroatoms. The van der Waals surface area contributed by atoms with Crippen molar-refractivity contribution in [1.82, 2.24) is 10.2 Å². The molecule has 1 aliphatic heterocycles. The van der Waals surface area contributed by atoms with Crippen LogP contribution in [0.1, 0.15) is 46.0 Å². The van der Waals surface area contributed by atoms with Gasteiger partial charge in [0.05, 0.1) is 11.8 Å². The van der Waals surface area contributed by atoms with Gasteiger partial charge in [-0.1, -0.05) is 28.4 Å². The highest BCUT2D eigenvalue weighted by atomic mass is 79.9. The van der Waals surface area contributed by atoms with E-state index in [0.717, 1.165) is 30.2 Å². The van der Waals surface area contributed by atoms with Gasteiger partial charge < -0.3 is 10.1 Å². The first-order valence-electron chi connectivity index (χ1n) is 9.76. The predicted molar refractivity (Wildman–Crippen MR) is 119 cm³/mol. The Labute approximate surface area is 180 Å². The van der Waals surface area contributed by atoms with E-state index < -0.39 is 0 Å². The normalized spacial score (nSPS) is 18.9. The SMILES string of the molecule is CC(C)OCCCNC(=O)CCCCCN1C(=O)C2C=C(Br)C=CC2=NC1=S. The van der Waals surface area contributed by atoms with Crippen LogP contribution in [0.3, 0.4) is 0 Å². The number of carbonyl (C=O) groups is 2. The molecule has 0 saturated carbocycles. The number of halogens is 1. The van der Waals surface area contributed by atoms with Crippen LogP contribution in [-0.4, -0.2) is 53.3 Å². The number of fused-ring (bicyclic) bond motifs is 1. The molecule has 2 aliphatic rings. The summed E-state index contributed by atoms with van der Waals surface area (Å²) in [6, 6.07) is 0. The Morgan fingerprint density at radius 3 is 2.86 bits per heavy atom. The van der Waals surface area contributed by atoms with Gasteiger partial charge in [-0.05, 0) is 57.5 Å². The molecule has 0 aromatic carbocycles. The van der Waals surface area contributed by atoms with Crippen molar-refractivity contribution in [2.45, 2.75) is 52.1 Å². The lowest BCUT2D eigenvalue weighted by molar-refractivity contribution is -0.128. The summed E-state index contributed by atoms with van der Waals surface area (Å²) in [5, 5.41) is 3.23. The summed E-state index contributed by atoms with van der Waals surface area (Å²) in [6.45, 7) is 5.83. The van der Waals surface area contributed by atoms with Gasteiger partial charge in [0.2, 0.25) is 16.9 Å². The molecule has 28 heavy (non-hydrogen) atoms. The number of carbonyl (C=O) groups excluding carboxylic acids is 2. The molecule has 0 bridgehead atoms. The van der Waals surface area contributed by atoms with Gasteiger partial charge in [-0.2, -0.15) is 0 Å². The summed E-state index contributed by atoms with van der Waals surface area (Å²) in [7, 11) is 0. The van der Waals surface area contributed by atoms with E-state index in [1.165, 1.54) is 0 Å². The third-order valence-corrected chi connectivity index (χ3v) is 5.27. The number of rotatable bonds is 11. The molecule has 2 amide bonds. The lowest BCUT2D eigenvalue weighted by Crippen LogP contribution is -2.46. The maximum absolute atomic E-state index is 12.7. The predicted octanol–water partition coefficient (Wildman–Crippen LogP) is 3.51. The molecule has 154 valence electrons. The summed E-state index contributed by atoms with van der Waals surface area (Å²) in [6.07, 6.45) is 9.52. The number of hydrogen-bond donors (Lipinski definition) is 1. The Morgan fingerprint density at radius 1 is 1.32 bits per heavy atom. The van der Waals surface area contributed by atoms with Gasteiger partial charge in [0.15, 0.2) is 0 Å². The second-order valence-corrected chi connectivity index (χ2v) is 8.39. The lowest BCUT2D eigenvalue weighted by atomic mass is 9.95. The van der Waals surface area contributed by atoms with E-state index in [1.54, 1.807) is 4.90 Å². The number of nitrogens with one attached hydrogen (secondary N) is 1. The topological polar surface area (TPSA) is 71.0 Å². The van der Waals surface area contributed by atoms with Crippen molar-refractivity contribution >= 4 is 50.8 Å². The molecule has 6 nitrogen and oxygen atoms in total. The second kappa shape index (κ2) is 11.6. The average Bonchev–Trinajstić information content (AvgIpc) is 2.64. The molecule has 1 N–H and O–H groups in total. The maximum Gasteiger partial charge on any atom is 0.241 e. The zero-order valence-corrected chi connectivity index (χ0v) is 18.9. The van der Waals surface area contributed by atoms with Gasteiger partial charge in [0.1, 0.15) is 5.92 Å². The van der Waals surface area contributed by atoms with Gasteiger partial charge in [0, 0.05) is 30.6 Å². The highest BCUT2D eigenvalue weighted by Crippen LogP contribution is 2.25. The summed E-state index contributed by atoms with van der Waals surface area (Å²) in [5.74, 6) is -0.332. The van der Waals surface area contributed by atoms with Crippen LogP contribution in [0, 0.1) is 5.92 Å². The quantitative estimate of drug-likeness (QED) is 0.371. The van der Waals surface area contributed by atoms with Crippen molar-refractivity contribution in [2.75, 3.05) is 19.7 Å². The van der Waals surface area contributed by atoms with Crippen molar-refractivity contribution in [3.63, 3.8) is 0 Å². The second-order valence-electron chi connectivity index (χ2n) is 7.11. The van der Waals surface area contributed by atoms with Crippen LogP contribution in [0.4, 0.5) is 0 Å². The zero-order chi connectivity index (χ0) is 20.5. The standard InChI is InChI=1S/C20H28BrN3O3S/c1-14(2)27-12-6-10-22-18(25)7-4-3-5-11-24-19(26)16-13-15(21)8-9-17(16)23-20(24)28/h8-9,13-14,16H,3-7,10-12H2,1-2H3,(H,22,25). The molecule has 0 fully saturated rings. The van der Waals surface area contributed by atoms with E-state index in [9.17, 15) is 9.59 Å². The van der Waals surface area contributed by atoms with Crippen molar-refractivity contribution in [3.05, 3.63) is 22.7 Å². The molecule has 0 aromatic rings. The Hall–Kier alpha value is -1.38. The first kappa shape index (κ1) is 22.9. The summed E-state index contributed by atoms with van der Waals surface area (Å²) in [4.78, 5) is 30.5. The van der Waals surface area contributed by atoms with Crippen molar-refractivity contribution in [2.24, 2.45) is 10.9 Å². The van der Waals surface area contributed by atoms with Gasteiger partial charge >= 0.3 is 0 Å². The fourth-order valence-electron chi connectivity index (χ4n) is 2.95. The molecule has 0 radical (unpaired) electrons. The van der Waals surface area contributed by atoms with Crippen LogP contribution in [0.2, 0.25) is 0 Å². The molecular weight excluding hydrogens is 442 g/mol. The van der Waals surface area contributed by atoms with E-state index in [-0.39, 0.29) is 23.8 Å². The Bertz CT molecular complexity index is 688. The number of ether oxygens (including phenoxy) is 1. The van der Waals surface area contributed by atoms with Crippen LogP contribution in [0.15, 0.2) is 27.7 Å². The first-order chi connectivity index (χ1) is 13.4. The fourth-order valence-corrected chi connectivity index (χ4v) is 3.64. The van der Waals surface area contributed by atoms with Crippen LogP contribution in [-0.2, 0) is 14.3 Å². The number of allylic oxidation sites excluding steroid dienone is 3. The van der Waals surface area contributed by atoms with Crippen molar-refractivity contribution in [3.8, 4) is 0 Å². The maximum atomic E-state index is 12.7. The Morgan fingerprint density at radius 2 is 2.11 bits per heavy atom. The largest absolute Gasteiger partial charge is 0.379 e. The van der Waals surface area contributed by atoms with E-state index in [2.05, 4.69) is 26.2 Å². The number of aliphatic imine (C=N–C) groups is 1. The molecule has 1 heterocycles. The smallest absolute Gasteiger partial charge is 0.241 e. The van der Waals surface area contributed by atoms with Crippen LogP contribution in [0.25, 0.3) is 0 Å². The van der Waals surface area contributed by atoms with Crippen LogP contribution >= 0.6 is 28.1 Å². The van der Waals surface area contributed by atoms with E-state index in [4.69, 9.17) is 17.0 Å². The number of hydrogen-bond acceptors (Lipinski definition) is 4. The number of amides is 2. The Kier molecular flexibility index (Phi) is 9.47. The summed E-state index contributed by atoms with van der Waals surface area (Å²) < 4.78 is 6.31. The molecular formula is C20H28BrN3O3S. The molecule has 0 saturated heterocycles. The van der Waals surface area contributed by atoms with Gasteiger partial charge in [-0.3, -0.25) is 14.5 Å². The highest BCUT2D eigenvalue weighted by molar-refractivity contribution is 9.11. The number of nitrogens with zero attached hydrogens (tertiary/aromatic N) is 2. The van der Waals surface area contributed by atoms with Crippen LogP contribution < -0.4 is 5.32 Å². The molecule has 2 rings (SSSR count). The minimum absolute atomic E-state index is 0.0299. The Balaban J connectivity index is 1.62. The van der Waals surface area contributed by atoms with E-state index >= 15 is 0 Å². The fraction of sp³-hybridized carbons (Fsp3) is 0.600. The molecule has 0 spiro atoms. The minimum atomic E-state index is -0.364. The van der Waals surface area contributed by atoms with E-state index in [1.807, 2.05) is 32.1 Å². The van der Waals surface area contributed by atoms with Crippen LogP contribution in [0.5, 0.6) is 0 Å². The first-order valence-corrected chi connectivity index (χ1v) is 11.0. The summed E-state index contributed by atoms with van der Waals surface area (Å²) >= 11 is 8.69. The van der Waals surface area contributed by atoms with Gasteiger partial charge in [0.25, 0.3) is 0 Å². The third kappa shape index (κ3) is 7.22. The number of unbranched alkanes of at least 4 members (excludes halogenated alkanes) is 2. The van der Waals surface area contributed by atoms with E-state index in [0.29, 0.717) is 36.9 Å². The van der Waals surface area contributed by atoms with Gasteiger partial charge in [-0.15, -0.1) is 0 Å². The molecule has 0 aromatic heterocycles.